The molecule has 3 aromatic carbocycles. The first kappa shape index (κ1) is 20.6. The second-order valence-corrected chi connectivity index (χ2v) is 8.86. The van der Waals surface area contributed by atoms with Crippen LogP contribution in [0, 0.1) is 0 Å². The fourth-order valence-corrected chi connectivity index (χ4v) is 4.34. The molecule has 150 valence electrons. The summed E-state index contributed by atoms with van der Waals surface area (Å²) in [5.74, 6) is -0.581. The van der Waals surface area contributed by atoms with Gasteiger partial charge >= 0.3 is 0 Å². The van der Waals surface area contributed by atoms with Crippen LogP contribution in [0.15, 0.2) is 83.8 Å². The molecule has 29 heavy (non-hydrogen) atoms. The second kappa shape index (κ2) is 9.39. The number of rotatable bonds is 8. The predicted octanol–water partition coefficient (Wildman–Crippen LogP) is 3.58. The Hall–Kier alpha value is -3.12. The highest BCUT2D eigenvalue weighted by Crippen LogP contribution is 2.20. The lowest BCUT2D eigenvalue weighted by atomic mass is 10.0. The molecule has 0 saturated heterocycles. The molecule has 0 radical (unpaired) electrons. The molecule has 0 saturated carbocycles. The van der Waals surface area contributed by atoms with Gasteiger partial charge in [0, 0.05) is 6.54 Å². The molecule has 6 heteroatoms. The Morgan fingerprint density at radius 3 is 2.21 bits per heavy atom. The summed E-state index contributed by atoms with van der Waals surface area (Å²) >= 11 is 0. The lowest BCUT2D eigenvalue weighted by molar-refractivity contribution is 0.0951. The van der Waals surface area contributed by atoms with Crippen molar-refractivity contribution in [1.29, 1.82) is 0 Å². The number of amides is 1. The molecule has 0 fully saturated rings. The predicted molar refractivity (Wildman–Crippen MR) is 113 cm³/mol. The maximum Gasteiger partial charge on any atom is 0.255 e. The number of carbonyl (C=O) groups excluding carboxylic acids is 1. The fourth-order valence-electron chi connectivity index (χ4n) is 3.01. The summed E-state index contributed by atoms with van der Waals surface area (Å²) in [6.45, 7) is 0.202. The summed E-state index contributed by atoms with van der Waals surface area (Å²) in [6, 6.07) is 23.0. The normalized spacial score (nSPS) is 11.2. The van der Waals surface area contributed by atoms with Gasteiger partial charge in [-0.1, -0.05) is 54.6 Å². The zero-order valence-electron chi connectivity index (χ0n) is 15.9. The van der Waals surface area contributed by atoms with Crippen molar-refractivity contribution in [3.63, 3.8) is 0 Å². The van der Waals surface area contributed by atoms with E-state index in [0.717, 1.165) is 11.1 Å². The van der Waals surface area contributed by atoms with Crippen LogP contribution in [0.5, 0.6) is 5.75 Å². The van der Waals surface area contributed by atoms with Crippen molar-refractivity contribution in [2.45, 2.75) is 17.7 Å². The summed E-state index contributed by atoms with van der Waals surface area (Å²) in [7, 11) is -3.37. The van der Waals surface area contributed by atoms with E-state index in [1.165, 1.54) is 6.07 Å². The lowest BCUT2D eigenvalue weighted by Gasteiger charge is -2.10. The summed E-state index contributed by atoms with van der Waals surface area (Å²) in [6.07, 6.45) is 0.935. The average Bonchev–Trinajstić information content (AvgIpc) is 2.74. The van der Waals surface area contributed by atoms with Crippen LogP contribution in [0.4, 0.5) is 0 Å². The first-order valence-corrected chi connectivity index (χ1v) is 11.0. The van der Waals surface area contributed by atoms with Gasteiger partial charge in [0.2, 0.25) is 0 Å². The number of aromatic hydroxyl groups is 1. The van der Waals surface area contributed by atoms with Crippen LogP contribution in [0.25, 0.3) is 0 Å². The molecule has 1 amide bonds. The number of phenolic OH excluding ortho intramolecular Hbond substituents is 1. The average molecular weight is 410 g/mol. The number of benzene rings is 3. The van der Waals surface area contributed by atoms with Crippen molar-refractivity contribution in [3.8, 4) is 5.75 Å². The quantitative estimate of drug-likeness (QED) is 0.557. The van der Waals surface area contributed by atoms with Crippen LogP contribution in [0.3, 0.4) is 0 Å². The second-order valence-electron chi connectivity index (χ2n) is 6.76. The number of carbonyl (C=O) groups is 1. The molecule has 5 nitrogen and oxygen atoms in total. The number of nitrogens with one attached hydrogen (secondary N) is 1. The van der Waals surface area contributed by atoms with E-state index in [1.807, 2.05) is 30.3 Å². The van der Waals surface area contributed by atoms with E-state index in [2.05, 4.69) is 5.32 Å². The SMILES string of the molecule is O=C(NCCCS(=O)(=O)c1ccccc1)c1cc(Cc2ccccc2)ccc1O. The summed E-state index contributed by atoms with van der Waals surface area (Å²) in [5, 5.41) is 12.7. The van der Waals surface area contributed by atoms with E-state index in [9.17, 15) is 18.3 Å². The topological polar surface area (TPSA) is 83.5 Å². The van der Waals surface area contributed by atoms with Gasteiger partial charge in [-0.05, 0) is 48.2 Å². The molecule has 3 rings (SSSR count). The molecule has 0 unspecified atom stereocenters. The van der Waals surface area contributed by atoms with Crippen LogP contribution >= 0.6 is 0 Å². The Bertz CT molecular complexity index is 1060. The highest BCUT2D eigenvalue weighted by Gasteiger charge is 2.15. The number of hydrogen-bond acceptors (Lipinski definition) is 4. The van der Waals surface area contributed by atoms with E-state index in [4.69, 9.17) is 0 Å². The lowest BCUT2D eigenvalue weighted by Crippen LogP contribution is -2.26. The van der Waals surface area contributed by atoms with Gasteiger partial charge in [-0.15, -0.1) is 0 Å². The maximum absolute atomic E-state index is 12.4. The van der Waals surface area contributed by atoms with Gasteiger partial charge in [0.25, 0.3) is 5.91 Å². The van der Waals surface area contributed by atoms with Gasteiger partial charge in [-0.2, -0.15) is 0 Å². The van der Waals surface area contributed by atoms with Gasteiger partial charge in [0.1, 0.15) is 5.75 Å². The molecule has 0 spiro atoms. The van der Waals surface area contributed by atoms with Gasteiger partial charge in [-0.3, -0.25) is 4.79 Å². The minimum atomic E-state index is -3.37. The Kier molecular flexibility index (Phi) is 6.67. The van der Waals surface area contributed by atoms with E-state index >= 15 is 0 Å². The van der Waals surface area contributed by atoms with Crippen LogP contribution in [-0.4, -0.2) is 31.7 Å². The maximum atomic E-state index is 12.4. The van der Waals surface area contributed by atoms with Crippen LogP contribution in [-0.2, 0) is 16.3 Å². The smallest absolute Gasteiger partial charge is 0.255 e. The van der Waals surface area contributed by atoms with E-state index < -0.39 is 15.7 Å². The van der Waals surface area contributed by atoms with Gasteiger partial charge < -0.3 is 10.4 Å². The highest BCUT2D eigenvalue weighted by molar-refractivity contribution is 7.91. The third-order valence-electron chi connectivity index (χ3n) is 4.53. The van der Waals surface area contributed by atoms with E-state index in [0.29, 0.717) is 6.42 Å². The Balaban J connectivity index is 1.57. The minimum absolute atomic E-state index is 0.0582. The summed E-state index contributed by atoms with van der Waals surface area (Å²) in [5.41, 5.74) is 2.20. The molecule has 0 aliphatic rings. The zero-order valence-corrected chi connectivity index (χ0v) is 16.7. The Morgan fingerprint density at radius 1 is 0.862 bits per heavy atom. The van der Waals surface area contributed by atoms with E-state index in [-0.39, 0.29) is 34.9 Å². The fraction of sp³-hybridized carbons (Fsp3) is 0.174. The Morgan fingerprint density at radius 2 is 1.52 bits per heavy atom. The Labute approximate surface area is 171 Å². The van der Waals surface area contributed by atoms with Crippen molar-refractivity contribution in [2.24, 2.45) is 0 Å². The molecule has 3 aromatic rings. The molecular weight excluding hydrogens is 386 g/mol. The molecule has 0 aliphatic heterocycles. The summed E-state index contributed by atoms with van der Waals surface area (Å²) < 4.78 is 24.5. The van der Waals surface area contributed by atoms with Crippen molar-refractivity contribution < 1.29 is 18.3 Å². The first-order valence-electron chi connectivity index (χ1n) is 9.37. The largest absolute Gasteiger partial charge is 0.507 e. The third-order valence-corrected chi connectivity index (χ3v) is 6.35. The van der Waals surface area contributed by atoms with Crippen LogP contribution in [0.1, 0.15) is 27.9 Å². The third kappa shape index (κ3) is 5.68. The van der Waals surface area contributed by atoms with Gasteiger partial charge in [0.15, 0.2) is 9.84 Å². The first-order chi connectivity index (χ1) is 14.0. The molecule has 0 atom stereocenters. The standard InChI is InChI=1S/C23H23NO4S/c25-22-13-12-19(16-18-8-3-1-4-9-18)17-21(22)23(26)24-14-7-15-29(27,28)20-10-5-2-6-11-20/h1-6,8-13,17,25H,7,14-16H2,(H,24,26). The molecule has 2 N–H and O–H groups in total. The monoisotopic (exact) mass is 409 g/mol. The molecule has 0 aromatic heterocycles. The van der Waals surface area contributed by atoms with Crippen molar-refractivity contribution in [1.82, 2.24) is 5.32 Å². The number of hydrogen-bond donors (Lipinski definition) is 2. The van der Waals surface area contributed by atoms with Gasteiger partial charge in [0.05, 0.1) is 16.2 Å². The van der Waals surface area contributed by atoms with Crippen molar-refractivity contribution >= 4 is 15.7 Å². The molecule has 0 aliphatic carbocycles. The van der Waals surface area contributed by atoms with Crippen LogP contribution < -0.4 is 5.32 Å². The molecule has 0 bridgehead atoms. The summed E-state index contributed by atoms with van der Waals surface area (Å²) in [4.78, 5) is 12.7. The minimum Gasteiger partial charge on any atom is -0.507 e. The van der Waals surface area contributed by atoms with Gasteiger partial charge in [-0.25, -0.2) is 8.42 Å². The highest BCUT2D eigenvalue weighted by atomic mass is 32.2. The number of sulfone groups is 1. The van der Waals surface area contributed by atoms with Crippen LogP contribution in [0.2, 0.25) is 0 Å². The zero-order chi connectivity index (χ0) is 20.7. The van der Waals surface area contributed by atoms with Crippen molar-refractivity contribution in [2.75, 3.05) is 12.3 Å². The molecular formula is C23H23NO4S. The van der Waals surface area contributed by atoms with E-state index in [1.54, 1.807) is 42.5 Å². The molecule has 0 heterocycles. The van der Waals surface area contributed by atoms with Crippen molar-refractivity contribution in [3.05, 3.63) is 95.6 Å². The number of phenols is 1.